The normalized spacial score (nSPS) is 12.8. The van der Waals surface area contributed by atoms with Crippen LogP contribution in [-0.4, -0.2) is 120 Å². The third-order valence-electron chi connectivity index (χ3n) is 3.91. The molecular weight excluding hydrogens is 415 g/mol. The average Bonchev–Trinajstić information content (AvgIpc) is 2.70. The van der Waals surface area contributed by atoms with E-state index in [1.165, 1.54) is 4.90 Å². The van der Waals surface area contributed by atoms with Crippen molar-refractivity contribution in [3.63, 3.8) is 0 Å². The highest BCUT2D eigenvalue weighted by atomic mass is 19.1. The Morgan fingerprint density at radius 2 is 1.16 bits per heavy atom. The van der Waals surface area contributed by atoms with E-state index in [9.17, 15) is 14.3 Å². The van der Waals surface area contributed by atoms with Gasteiger partial charge in [-0.1, -0.05) is 0 Å². The van der Waals surface area contributed by atoms with Gasteiger partial charge >= 0.3 is 6.09 Å². The molecule has 1 atom stereocenters. The lowest BCUT2D eigenvalue weighted by Crippen LogP contribution is -2.46. The van der Waals surface area contributed by atoms with Gasteiger partial charge < -0.3 is 44.2 Å². The third-order valence-corrected chi connectivity index (χ3v) is 3.91. The number of ether oxygens (including phenoxy) is 6. The van der Waals surface area contributed by atoms with Crippen LogP contribution in [0.3, 0.4) is 0 Å². The Labute approximate surface area is 185 Å². The second-order valence-corrected chi connectivity index (χ2v) is 7.57. The summed E-state index contributed by atoms with van der Waals surface area (Å²) in [6.45, 7) is 10.3. The third kappa shape index (κ3) is 19.3. The van der Waals surface area contributed by atoms with Crippen molar-refractivity contribution in [2.24, 2.45) is 5.73 Å². The van der Waals surface area contributed by atoms with Crippen LogP contribution in [0, 0.1) is 0 Å². The molecule has 0 aromatic rings. The van der Waals surface area contributed by atoms with E-state index in [0.717, 1.165) is 0 Å². The lowest BCUT2D eigenvalue weighted by Gasteiger charge is -2.32. The van der Waals surface area contributed by atoms with E-state index in [4.69, 9.17) is 34.2 Å². The van der Waals surface area contributed by atoms with Gasteiger partial charge in [0.05, 0.1) is 79.3 Å². The van der Waals surface area contributed by atoms with Gasteiger partial charge in [0, 0.05) is 18.6 Å². The molecule has 3 N–H and O–H groups in total. The maximum Gasteiger partial charge on any atom is 0.407 e. The summed E-state index contributed by atoms with van der Waals surface area (Å²) in [5.74, 6) is 0. The van der Waals surface area contributed by atoms with Crippen molar-refractivity contribution in [2.45, 2.75) is 32.5 Å². The smallest absolute Gasteiger partial charge is 0.407 e. The highest BCUT2D eigenvalue weighted by molar-refractivity contribution is 5.65. The number of hydrogen-bond acceptors (Lipinski definition) is 8. The van der Waals surface area contributed by atoms with Crippen LogP contribution < -0.4 is 5.73 Å². The van der Waals surface area contributed by atoms with Crippen molar-refractivity contribution < 1.29 is 42.7 Å². The van der Waals surface area contributed by atoms with Crippen LogP contribution in [0.4, 0.5) is 9.18 Å². The molecule has 0 aliphatic rings. The molecule has 0 heterocycles. The summed E-state index contributed by atoms with van der Waals surface area (Å²) in [5, 5.41) is 9.17. The highest BCUT2D eigenvalue weighted by Crippen LogP contribution is 2.12. The Morgan fingerprint density at radius 1 is 0.806 bits per heavy atom. The molecule has 10 nitrogen and oxygen atoms in total. The predicted octanol–water partition coefficient (Wildman–Crippen LogP) is 1.16. The molecule has 11 heteroatoms. The molecule has 0 saturated heterocycles. The minimum atomic E-state index is -1.13. The van der Waals surface area contributed by atoms with Crippen LogP contribution in [-0.2, 0) is 28.4 Å². The summed E-state index contributed by atoms with van der Waals surface area (Å²) >= 11 is 0. The van der Waals surface area contributed by atoms with Gasteiger partial charge in [0.2, 0.25) is 0 Å². The molecule has 0 aliphatic heterocycles. The van der Waals surface area contributed by atoms with E-state index in [1.54, 1.807) is 0 Å². The lowest BCUT2D eigenvalue weighted by atomic mass is 10.1. The van der Waals surface area contributed by atoms with Gasteiger partial charge in [-0.3, -0.25) is 0 Å². The van der Waals surface area contributed by atoms with Gasteiger partial charge in [-0.2, -0.15) is 0 Å². The maximum atomic E-state index is 12.8. The van der Waals surface area contributed by atoms with Crippen molar-refractivity contribution in [1.29, 1.82) is 0 Å². The fourth-order valence-electron chi connectivity index (χ4n) is 2.25. The molecule has 1 amide bonds. The summed E-state index contributed by atoms with van der Waals surface area (Å²) in [5.41, 5.74) is 4.68. The summed E-state index contributed by atoms with van der Waals surface area (Å²) in [4.78, 5) is 12.5. The number of hydrogen-bond donors (Lipinski definition) is 2. The minimum absolute atomic E-state index is 0.00653. The summed E-state index contributed by atoms with van der Waals surface area (Å²) in [7, 11) is 0. The van der Waals surface area contributed by atoms with E-state index < -0.39 is 17.8 Å². The van der Waals surface area contributed by atoms with Gasteiger partial charge in [0.25, 0.3) is 0 Å². The van der Waals surface area contributed by atoms with Crippen LogP contribution in [0.15, 0.2) is 0 Å². The fourth-order valence-corrected chi connectivity index (χ4v) is 2.25. The molecule has 0 aliphatic carbocycles. The van der Waals surface area contributed by atoms with Crippen molar-refractivity contribution in [3.05, 3.63) is 0 Å². The number of nitrogens with zero attached hydrogens (tertiary/aromatic N) is 1. The Balaban J connectivity index is 3.26. The van der Waals surface area contributed by atoms with Gasteiger partial charge in [0.15, 0.2) is 0 Å². The van der Waals surface area contributed by atoms with E-state index >= 15 is 0 Å². The number of halogens is 1. The second kappa shape index (κ2) is 19.6. The first kappa shape index (κ1) is 29.9. The standard InChI is InChI=1S/C20H41FN2O8/c1-20(2,3)23(19(24)25)4-5-26-6-7-27-8-9-28-10-11-29-12-13-30-14-15-31-17-18(21)16-22/h18H,4-17,22H2,1-3H3,(H,24,25). The molecule has 0 fully saturated rings. The largest absolute Gasteiger partial charge is 0.465 e. The number of carboxylic acid groups (broad SMARTS) is 1. The molecule has 0 radical (unpaired) electrons. The summed E-state index contributed by atoms with van der Waals surface area (Å²) in [6, 6.07) is 0. The van der Waals surface area contributed by atoms with Crippen LogP contribution >= 0.6 is 0 Å². The molecule has 0 spiro atoms. The zero-order chi connectivity index (χ0) is 23.4. The predicted molar refractivity (Wildman–Crippen MR) is 113 cm³/mol. The van der Waals surface area contributed by atoms with Crippen molar-refractivity contribution in [3.8, 4) is 0 Å². The molecule has 1 unspecified atom stereocenters. The van der Waals surface area contributed by atoms with Gasteiger partial charge in [-0.15, -0.1) is 0 Å². The Kier molecular flexibility index (Phi) is 18.9. The quantitative estimate of drug-likeness (QED) is 0.245. The highest BCUT2D eigenvalue weighted by Gasteiger charge is 2.25. The van der Waals surface area contributed by atoms with Gasteiger partial charge in [0.1, 0.15) is 6.17 Å². The second-order valence-electron chi connectivity index (χ2n) is 7.57. The molecule has 31 heavy (non-hydrogen) atoms. The minimum Gasteiger partial charge on any atom is -0.465 e. The van der Waals surface area contributed by atoms with Crippen molar-refractivity contribution in [2.75, 3.05) is 92.4 Å². The number of alkyl halides is 1. The molecular formula is C20H41FN2O8. The van der Waals surface area contributed by atoms with E-state index in [2.05, 4.69) is 0 Å². The number of carbonyl (C=O) groups is 1. The average molecular weight is 457 g/mol. The van der Waals surface area contributed by atoms with Gasteiger partial charge in [-0.05, 0) is 20.8 Å². The first-order valence-corrected chi connectivity index (χ1v) is 10.6. The molecule has 0 saturated carbocycles. The molecule has 0 aromatic carbocycles. The van der Waals surface area contributed by atoms with Crippen LogP contribution in [0.1, 0.15) is 20.8 Å². The number of amides is 1. The molecule has 0 bridgehead atoms. The van der Waals surface area contributed by atoms with Gasteiger partial charge in [-0.25, -0.2) is 9.18 Å². The van der Waals surface area contributed by atoms with Crippen molar-refractivity contribution >= 4 is 6.09 Å². The van der Waals surface area contributed by atoms with Crippen LogP contribution in [0.5, 0.6) is 0 Å². The van der Waals surface area contributed by atoms with E-state index in [1.807, 2.05) is 20.8 Å². The molecule has 0 aromatic heterocycles. The number of nitrogens with two attached hydrogens (primary N) is 1. The van der Waals surface area contributed by atoms with Crippen LogP contribution in [0.2, 0.25) is 0 Å². The fraction of sp³-hybridized carbons (Fsp3) is 0.950. The lowest BCUT2D eigenvalue weighted by molar-refractivity contribution is -0.0202. The summed E-state index contributed by atoms with van der Waals surface area (Å²) in [6.07, 6.45) is -2.08. The van der Waals surface area contributed by atoms with Crippen LogP contribution in [0.25, 0.3) is 0 Å². The molecule has 186 valence electrons. The zero-order valence-electron chi connectivity index (χ0n) is 19.2. The maximum absolute atomic E-state index is 12.8. The topological polar surface area (TPSA) is 122 Å². The zero-order valence-corrected chi connectivity index (χ0v) is 19.2. The van der Waals surface area contributed by atoms with Crippen molar-refractivity contribution in [1.82, 2.24) is 4.90 Å². The molecule has 0 rings (SSSR count). The first-order chi connectivity index (χ1) is 14.8. The Bertz CT molecular complexity index is 426. The Morgan fingerprint density at radius 3 is 1.48 bits per heavy atom. The SMILES string of the molecule is CC(C)(C)N(CCOCCOCCOCCOCCOCCOCC(F)CN)C(=O)O. The first-order valence-electron chi connectivity index (χ1n) is 10.6. The van der Waals surface area contributed by atoms with E-state index in [-0.39, 0.29) is 13.2 Å². The number of rotatable bonds is 21. The van der Waals surface area contributed by atoms with E-state index in [0.29, 0.717) is 79.2 Å². The Hall–Kier alpha value is -1.08. The monoisotopic (exact) mass is 456 g/mol. The summed E-state index contributed by atoms with van der Waals surface area (Å²) < 4.78 is 44.6.